The minimum absolute atomic E-state index is 0.0103. The van der Waals surface area contributed by atoms with Gasteiger partial charge < -0.3 is 15.4 Å². The molecule has 152 valence electrons. The number of hydrogen-bond acceptors (Lipinski definition) is 7. The second-order valence-electron chi connectivity index (χ2n) is 6.74. The van der Waals surface area contributed by atoms with Gasteiger partial charge >= 0.3 is 0 Å². The summed E-state index contributed by atoms with van der Waals surface area (Å²) in [5.74, 6) is 0.565. The number of thioether (sulfide) groups is 1. The number of nitrogens with zero attached hydrogens (tertiary/aromatic N) is 1. The van der Waals surface area contributed by atoms with Gasteiger partial charge in [0.1, 0.15) is 5.75 Å². The third kappa shape index (κ3) is 4.52. The van der Waals surface area contributed by atoms with Gasteiger partial charge in [0, 0.05) is 22.2 Å². The number of ether oxygens (including phenoxy) is 1. The summed E-state index contributed by atoms with van der Waals surface area (Å²) in [4.78, 5) is 16.9. The van der Waals surface area contributed by atoms with Gasteiger partial charge in [0.2, 0.25) is 0 Å². The van der Waals surface area contributed by atoms with Gasteiger partial charge in [-0.1, -0.05) is 23.4 Å². The molecule has 0 aromatic heterocycles. The monoisotopic (exact) mass is 451 g/mol. The van der Waals surface area contributed by atoms with Crippen LogP contribution in [0.3, 0.4) is 0 Å². The third-order valence-corrected chi connectivity index (χ3v) is 8.06. The van der Waals surface area contributed by atoms with Crippen LogP contribution in [0.1, 0.15) is 10.4 Å². The van der Waals surface area contributed by atoms with Crippen molar-refractivity contribution in [3.8, 4) is 5.75 Å². The van der Waals surface area contributed by atoms with E-state index in [0.29, 0.717) is 27.2 Å². The molecule has 2 unspecified atom stereocenters. The van der Waals surface area contributed by atoms with E-state index in [4.69, 9.17) is 16.3 Å². The second kappa shape index (κ2) is 7.89. The Bertz CT molecular complexity index is 1090. The fraction of sp³-hybridized carbons (Fsp3) is 0.263. The number of nitrogens with one attached hydrogen (secondary N) is 2. The van der Waals surface area contributed by atoms with E-state index < -0.39 is 9.84 Å². The van der Waals surface area contributed by atoms with Gasteiger partial charge in [0.05, 0.1) is 29.7 Å². The number of fused-ring (bicyclic) bond motifs is 1. The molecular formula is C19H18ClN3O4S2. The number of aliphatic imine (C=N–C) groups is 1. The van der Waals surface area contributed by atoms with Crippen LogP contribution in [0.4, 0.5) is 11.4 Å². The Morgan fingerprint density at radius 2 is 1.90 bits per heavy atom. The molecular weight excluding hydrogens is 434 g/mol. The lowest BCUT2D eigenvalue weighted by Gasteiger charge is -2.10. The molecule has 0 spiro atoms. The molecule has 7 nitrogen and oxygen atoms in total. The standard InChI is InChI=1S/C19H18ClN3O4S2/c1-27-16-7-6-13(8-14(16)20)21-18(24)11-2-4-12(5-3-11)22-19-23-15-9-29(25,26)10-17(15)28-19/h2-8,15,17H,9-10H2,1H3,(H,21,24)(H,22,23). The van der Waals surface area contributed by atoms with Gasteiger partial charge in [-0.15, -0.1) is 0 Å². The molecule has 0 bridgehead atoms. The topological polar surface area (TPSA) is 96.9 Å². The number of carbonyl (C=O) groups is 1. The first-order valence-electron chi connectivity index (χ1n) is 8.80. The van der Waals surface area contributed by atoms with Crippen molar-refractivity contribution in [2.24, 2.45) is 4.99 Å². The van der Waals surface area contributed by atoms with Crippen LogP contribution in [0.2, 0.25) is 5.02 Å². The molecule has 4 rings (SSSR count). The number of anilines is 2. The molecule has 10 heteroatoms. The zero-order valence-corrected chi connectivity index (χ0v) is 17.8. The van der Waals surface area contributed by atoms with E-state index in [1.807, 2.05) is 0 Å². The van der Waals surface area contributed by atoms with Crippen molar-refractivity contribution in [2.45, 2.75) is 11.3 Å². The van der Waals surface area contributed by atoms with E-state index in [9.17, 15) is 13.2 Å². The summed E-state index contributed by atoms with van der Waals surface area (Å²) in [6.45, 7) is 0. The predicted octanol–water partition coefficient (Wildman–Crippen LogP) is 3.28. The molecule has 2 atom stereocenters. The SMILES string of the molecule is COc1ccc(NC(=O)c2ccc(NC3=NC4CS(=O)(=O)CC4S3)cc2)cc1Cl. The maximum Gasteiger partial charge on any atom is 0.255 e. The molecule has 0 radical (unpaired) electrons. The highest BCUT2D eigenvalue weighted by Crippen LogP contribution is 2.34. The van der Waals surface area contributed by atoms with Crippen molar-refractivity contribution in [2.75, 3.05) is 29.2 Å². The predicted molar refractivity (Wildman–Crippen MR) is 117 cm³/mol. The first-order chi connectivity index (χ1) is 13.8. The highest BCUT2D eigenvalue weighted by Gasteiger charge is 2.42. The number of methoxy groups -OCH3 is 1. The quantitative estimate of drug-likeness (QED) is 0.740. The molecule has 2 N–H and O–H groups in total. The number of halogens is 1. The Morgan fingerprint density at radius 3 is 2.55 bits per heavy atom. The average Bonchev–Trinajstić information content (AvgIpc) is 3.15. The molecule has 1 fully saturated rings. The van der Waals surface area contributed by atoms with Gasteiger partial charge in [0.25, 0.3) is 5.91 Å². The molecule has 2 heterocycles. The van der Waals surface area contributed by atoms with Crippen LogP contribution in [-0.4, -0.2) is 49.4 Å². The maximum atomic E-state index is 12.4. The summed E-state index contributed by atoms with van der Waals surface area (Å²) in [6.07, 6.45) is 0. The summed E-state index contributed by atoms with van der Waals surface area (Å²) in [5, 5.41) is 7.09. The second-order valence-corrected chi connectivity index (χ2v) is 10.5. The number of amidine groups is 1. The van der Waals surface area contributed by atoms with E-state index in [1.54, 1.807) is 42.5 Å². The van der Waals surface area contributed by atoms with Crippen LogP contribution in [-0.2, 0) is 9.84 Å². The number of amides is 1. The minimum atomic E-state index is -2.96. The normalized spacial score (nSPS) is 21.9. The molecule has 1 saturated heterocycles. The number of rotatable bonds is 4. The van der Waals surface area contributed by atoms with Crippen molar-refractivity contribution in [1.82, 2.24) is 0 Å². The van der Waals surface area contributed by atoms with Crippen molar-refractivity contribution in [3.05, 3.63) is 53.1 Å². The maximum absolute atomic E-state index is 12.4. The average molecular weight is 452 g/mol. The molecule has 1 amide bonds. The van der Waals surface area contributed by atoms with Crippen LogP contribution in [0.5, 0.6) is 5.75 Å². The largest absolute Gasteiger partial charge is 0.495 e. The zero-order chi connectivity index (χ0) is 20.6. The Labute approximate surface area is 177 Å². The number of benzene rings is 2. The van der Waals surface area contributed by atoms with Crippen LogP contribution < -0.4 is 15.4 Å². The molecule has 2 aliphatic rings. The van der Waals surface area contributed by atoms with E-state index in [2.05, 4.69) is 15.6 Å². The van der Waals surface area contributed by atoms with Gasteiger partial charge in [0.15, 0.2) is 15.0 Å². The van der Waals surface area contributed by atoms with Crippen molar-refractivity contribution in [1.29, 1.82) is 0 Å². The fourth-order valence-corrected chi connectivity index (χ4v) is 7.13. The van der Waals surface area contributed by atoms with Crippen molar-refractivity contribution in [3.63, 3.8) is 0 Å². The summed E-state index contributed by atoms with van der Waals surface area (Å²) in [7, 11) is -1.44. The first kappa shape index (κ1) is 20.1. The lowest BCUT2D eigenvalue weighted by atomic mass is 10.2. The highest BCUT2D eigenvalue weighted by atomic mass is 35.5. The molecule has 2 aromatic carbocycles. The number of sulfone groups is 1. The highest BCUT2D eigenvalue weighted by molar-refractivity contribution is 8.15. The molecule has 0 saturated carbocycles. The Kier molecular flexibility index (Phi) is 5.46. The Hall–Kier alpha value is -2.23. The van der Waals surface area contributed by atoms with Gasteiger partial charge in [-0.2, -0.15) is 0 Å². The number of hydrogen-bond donors (Lipinski definition) is 2. The van der Waals surface area contributed by atoms with Crippen LogP contribution >= 0.6 is 23.4 Å². The van der Waals surface area contributed by atoms with Gasteiger partial charge in [-0.25, -0.2) is 8.42 Å². The summed E-state index contributed by atoms with van der Waals surface area (Å²) in [6, 6.07) is 11.8. The van der Waals surface area contributed by atoms with Gasteiger partial charge in [-0.05, 0) is 42.5 Å². The zero-order valence-electron chi connectivity index (χ0n) is 15.4. The molecule has 29 heavy (non-hydrogen) atoms. The van der Waals surface area contributed by atoms with E-state index in [-0.39, 0.29) is 28.7 Å². The lowest BCUT2D eigenvalue weighted by Crippen LogP contribution is -2.13. The molecule has 2 aromatic rings. The summed E-state index contributed by atoms with van der Waals surface area (Å²) >= 11 is 7.53. The van der Waals surface area contributed by atoms with Crippen LogP contribution in [0.25, 0.3) is 0 Å². The Morgan fingerprint density at radius 1 is 1.17 bits per heavy atom. The van der Waals surface area contributed by atoms with E-state index in [0.717, 1.165) is 5.69 Å². The van der Waals surface area contributed by atoms with Crippen LogP contribution in [0, 0.1) is 0 Å². The smallest absolute Gasteiger partial charge is 0.255 e. The van der Waals surface area contributed by atoms with Crippen molar-refractivity contribution < 1.29 is 17.9 Å². The first-order valence-corrected chi connectivity index (χ1v) is 11.9. The Balaban J connectivity index is 1.38. The number of carbonyl (C=O) groups excluding carboxylic acids is 1. The van der Waals surface area contributed by atoms with E-state index in [1.165, 1.54) is 18.9 Å². The summed E-state index contributed by atoms with van der Waals surface area (Å²) in [5.41, 5.74) is 1.84. The minimum Gasteiger partial charge on any atom is -0.495 e. The van der Waals surface area contributed by atoms with Crippen LogP contribution in [0.15, 0.2) is 47.5 Å². The summed E-state index contributed by atoms with van der Waals surface area (Å²) < 4.78 is 28.4. The van der Waals surface area contributed by atoms with Gasteiger partial charge in [-0.3, -0.25) is 9.79 Å². The molecule has 0 aliphatic carbocycles. The molecule has 2 aliphatic heterocycles. The fourth-order valence-electron chi connectivity index (χ4n) is 3.19. The lowest BCUT2D eigenvalue weighted by molar-refractivity contribution is 0.102. The third-order valence-electron chi connectivity index (χ3n) is 4.63. The van der Waals surface area contributed by atoms with Crippen molar-refractivity contribution >= 4 is 55.6 Å². The van der Waals surface area contributed by atoms with E-state index >= 15 is 0 Å².